The van der Waals surface area contributed by atoms with Gasteiger partial charge >= 0.3 is 11.9 Å². The summed E-state index contributed by atoms with van der Waals surface area (Å²) in [4.78, 5) is 47.7. The molecule has 30 heavy (non-hydrogen) atoms. The Hall–Kier alpha value is -3.82. The molecule has 0 spiro atoms. The van der Waals surface area contributed by atoms with Gasteiger partial charge in [-0.2, -0.15) is 0 Å². The number of carbonyl (C=O) groups is 4. The van der Waals surface area contributed by atoms with Crippen molar-refractivity contribution in [3.63, 3.8) is 0 Å². The van der Waals surface area contributed by atoms with Crippen LogP contribution < -0.4 is 15.8 Å². The van der Waals surface area contributed by atoms with Crippen LogP contribution in [0.15, 0.2) is 28.7 Å². The number of para-hydroxylation sites is 1. The molecule has 10 nitrogen and oxygen atoms in total. The number of hydrogen-bond donors (Lipinski definition) is 2. The van der Waals surface area contributed by atoms with E-state index in [1.165, 1.54) is 6.92 Å². The van der Waals surface area contributed by atoms with E-state index in [1.807, 2.05) is 19.1 Å². The molecule has 0 aliphatic rings. The van der Waals surface area contributed by atoms with Gasteiger partial charge in [-0.15, -0.1) is 0 Å². The molecule has 0 atom stereocenters. The average Bonchev–Trinajstić information content (AvgIpc) is 3.01. The number of furan rings is 1. The summed E-state index contributed by atoms with van der Waals surface area (Å²) in [6.45, 7) is 3.85. The Morgan fingerprint density at radius 2 is 1.73 bits per heavy atom. The summed E-state index contributed by atoms with van der Waals surface area (Å²) in [5.74, 6) is -3.15. The minimum Gasteiger partial charge on any atom is -0.482 e. The molecule has 2 amide bonds. The van der Waals surface area contributed by atoms with Crippen LogP contribution in [0.4, 0.5) is 5.88 Å². The second-order valence-corrected chi connectivity index (χ2v) is 6.09. The van der Waals surface area contributed by atoms with Gasteiger partial charge in [0.2, 0.25) is 5.88 Å². The molecule has 0 unspecified atom stereocenters. The van der Waals surface area contributed by atoms with Crippen molar-refractivity contribution in [3.05, 3.63) is 46.7 Å². The van der Waals surface area contributed by atoms with Crippen LogP contribution in [0.5, 0.6) is 5.75 Å². The van der Waals surface area contributed by atoms with E-state index in [2.05, 4.69) is 5.32 Å². The lowest BCUT2D eigenvalue weighted by molar-refractivity contribution is -0.149. The number of hydrogen-bond acceptors (Lipinski definition) is 8. The number of amides is 2. The van der Waals surface area contributed by atoms with E-state index in [-0.39, 0.29) is 29.4 Å². The Labute approximate surface area is 172 Å². The monoisotopic (exact) mass is 418 g/mol. The zero-order valence-corrected chi connectivity index (χ0v) is 16.8. The summed E-state index contributed by atoms with van der Waals surface area (Å²) in [5.41, 5.74) is 5.65. The fraction of sp³-hybridized carbons (Fsp3) is 0.300. The highest BCUT2D eigenvalue weighted by molar-refractivity contribution is 6.10. The molecule has 0 radical (unpaired) electrons. The third-order valence-corrected chi connectivity index (χ3v) is 3.87. The molecule has 0 saturated heterocycles. The van der Waals surface area contributed by atoms with Crippen LogP contribution in [0.3, 0.4) is 0 Å². The summed E-state index contributed by atoms with van der Waals surface area (Å²) in [7, 11) is 0. The van der Waals surface area contributed by atoms with Gasteiger partial charge in [0.05, 0.1) is 6.61 Å². The van der Waals surface area contributed by atoms with Crippen LogP contribution in [0.25, 0.3) is 0 Å². The first kappa shape index (κ1) is 22.5. The van der Waals surface area contributed by atoms with E-state index in [0.29, 0.717) is 5.75 Å². The lowest BCUT2D eigenvalue weighted by atomic mass is 10.1. The normalized spacial score (nSPS) is 10.2. The summed E-state index contributed by atoms with van der Waals surface area (Å²) in [5, 5.41) is 2.26. The van der Waals surface area contributed by atoms with Crippen LogP contribution in [-0.4, -0.2) is 43.6 Å². The number of carbonyl (C=O) groups excluding carboxylic acids is 4. The van der Waals surface area contributed by atoms with Gasteiger partial charge in [0.1, 0.15) is 22.6 Å². The molecule has 2 rings (SSSR count). The number of aryl methyl sites for hydroxylation is 2. The highest BCUT2D eigenvalue weighted by atomic mass is 16.6. The quantitative estimate of drug-likeness (QED) is 0.585. The van der Waals surface area contributed by atoms with Gasteiger partial charge in [-0.3, -0.25) is 14.9 Å². The topological polar surface area (TPSA) is 147 Å². The van der Waals surface area contributed by atoms with Gasteiger partial charge in [0.25, 0.3) is 11.8 Å². The Bertz CT molecular complexity index is 964. The van der Waals surface area contributed by atoms with Crippen molar-refractivity contribution in [2.45, 2.75) is 20.8 Å². The largest absolute Gasteiger partial charge is 0.482 e. The second-order valence-electron chi connectivity index (χ2n) is 6.09. The number of nitrogens with one attached hydrogen (secondary N) is 1. The summed E-state index contributed by atoms with van der Waals surface area (Å²) >= 11 is 0. The molecule has 0 aliphatic heterocycles. The molecule has 0 fully saturated rings. The van der Waals surface area contributed by atoms with Gasteiger partial charge in [0.15, 0.2) is 13.2 Å². The van der Waals surface area contributed by atoms with Crippen molar-refractivity contribution in [1.82, 2.24) is 0 Å². The zero-order valence-electron chi connectivity index (χ0n) is 16.8. The van der Waals surface area contributed by atoms with Crippen molar-refractivity contribution >= 4 is 29.6 Å². The van der Waals surface area contributed by atoms with Gasteiger partial charge < -0.3 is 24.4 Å². The number of primary amides is 1. The van der Waals surface area contributed by atoms with E-state index < -0.39 is 37.0 Å². The first-order valence-corrected chi connectivity index (χ1v) is 8.98. The predicted molar refractivity (Wildman–Crippen MR) is 104 cm³/mol. The Morgan fingerprint density at radius 1 is 1.03 bits per heavy atom. The highest BCUT2D eigenvalue weighted by Crippen LogP contribution is 2.27. The van der Waals surface area contributed by atoms with Crippen LogP contribution in [0.2, 0.25) is 0 Å². The first-order chi connectivity index (χ1) is 14.2. The molecule has 0 bridgehead atoms. The predicted octanol–water partition coefficient (Wildman–Crippen LogP) is 1.73. The van der Waals surface area contributed by atoms with Crippen molar-refractivity contribution in [1.29, 1.82) is 0 Å². The molecular formula is C20H22N2O8. The van der Waals surface area contributed by atoms with Crippen molar-refractivity contribution in [2.75, 3.05) is 25.1 Å². The maximum atomic E-state index is 12.1. The van der Waals surface area contributed by atoms with E-state index in [0.717, 1.165) is 5.56 Å². The SMILES string of the molecule is CCOC(=O)c1c(C)oc(NC(=O)COC(=O)COc2ccccc2C)c1C(N)=O. The lowest BCUT2D eigenvalue weighted by Gasteiger charge is -2.09. The molecule has 1 aromatic heterocycles. The highest BCUT2D eigenvalue weighted by Gasteiger charge is 2.29. The lowest BCUT2D eigenvalue weighted by Crippen LogP contribution is -2.25. The summed E-state index contributed by atoms with van der Waals surface area (Å²) in [6, 6.07) is 7.10. The van der Waals surface area contributed by atoms with E-state index in [1.54, 1.807) is 19.1 Å². The summed E-state index contributed by atoms with van der Waals surface area (Å²) < 4.78 is 20.3. The molecular weight excluding hydrogens is 396 g/mol. The van der Waals surface area contributed by atoms with E-state index in [4.69, 9.17) is 24.4 Å². The standard InChI is InChI=1S/C20H22N2O8/c1-4-27-20(26)16-12(3)30-19(17(16)18(21)25)22-14(23)9-29-15(24)10-28-13-8-6-5-7-11(13)2/h5-8H,4,9-10H2,1-3H3,(H2,21,25)(H,22,23). The molecule has 160 valence electrons. The van der Waals surface area contributed by atoms with E-state index >= 15 is 0 Å². The van der Waals surface area contributed by atoms with Crippen LogP contribution in [0.1, 0.15) is 39.0 Å². The number of esters is 2. The zero-order chi connectivity index (χ0) is 22.3. The molecule has 3 N–H and O–H groups in total. The number of benzene rings is 1. The van der Waals surface area contributed by atoms with Gasteiger partial charge in [0, 0.05) is 0 Å². The Kier molecular flexibility index (Phi) is 7.56. The van der Waals surface area contributed by atoms with Gasteiger partial charge in [-0.05, 0) is 32.4 Å². The van der Waals surface area contributed by atoms with Crippen LogP contribution in [0, 0.1) is 13.8 Å². The first-order valence-electron chi connectivity index (χ1n) is 8.98. The average molecular weight is 418 g/mol. The Balaban J connectivity index is 1.97. The van der Waals surface area contributed by atoms with Crippen molar-refractivity contribution < 1.29 is 37.8 Å². The maximum Gasteiger partial charge on any atom is 0.344 e. The third kappa shape index (κ3) is 5.60. The molecule has 1 heterocycles. The number of ether oxygens (including phenoxy) is 3. The number of rotatable bonds is 9. The van der Waals surface area contributed by atoms with Crippen molar-refractivity contribution in [3.8, 4) is 5.75 Å². The maximum absolute atomic E-state index is 12.1. The minimum absolute atomic E-state index is 0.0428. The molecule has 0 saturated carbocycles. The van der Waals surface area contributed by atoms with Crippen LogP contribution in [-0.2, 0) is 19.1 Å². The smallest absolute Gasteiger partial charge is 0.344 e. The third-order valence-electron chi connectivity index (χ3n) is 3.87. The Morgan fingerprint density at radius 3 is 2.37 bits per heavy atom. The molecule has 2 aromatic rings. The molecule has 0 aliphatic carbocycles. The second kappa shape index (κ2) is 10.1. The minimum atomic E-state index is -0.992. The van der Waals surface area contributed by atoms with Gasteiger partial charge in [-0.1, -0.05) is 18.2 Å². The molecule has 10 heteroatoms. The van der Waals surface area contributed by atoms with Crippen molar-refractivity contribution in [2.24, 2.45) is 5.73 Å². The van der Waals surface area contributed by atoms with E-state index in [9.17, 15) is 19.2 Å². The fourth-order valence-corrected chi connectivity index (χ4v) is 2.52. The fourth-order valence-electron chi connectivity index (χ4n) is 2.52. The number of nitrogens with two attached hydrogens (primary N) is 1. The van der Waals surface area contributed by atoms with Gasteiger partial charge in [-0.25, -0.2) is 9.59 Å². The molecule has 1 aromatic carbocycles. The summed E-state index contributed by atoms with van der Waals surface area (Å²) in [6.07, 6.45) is 0. The van der Waals surface area contributed by atoms with Crippen LogP contribution >= 0.6 is 0 Å². The number of anilines is 1.